The third-order valence-corrected chi connectivity index (χ3v) is 3.85. The number of nitrogens with one attached hydrogen (secondary N) is 1. The summed E-state index contributed by atoms with van der Waals surface area (Å²) in [5.74, 6) is -0.939. The van der Waals surface area contributed by atoms with E-state index in [1.165, 1.54) is 4.90 Å². The van der Waals surface area contributed by atoms with Crippen molar-refractivity contribution in [2.75, 3.05) is 18.1 Å². The lowest BCUT2D eigenvalue weighted by Crippen LogP contribution is -2.42. The summed E-state index contributed by atoms with van der Waals surface area (Å²) in [5.41, 5.74) is 0.688. The number of urea groups is 1. The van der Waals surface area contributed by atoms with Crippen molar-refractivity contribution in [2.24, 2.45) is 0 Å². The van der Waals surface area contributed by atoms with E-state index in [-0.39, 0.29) is 6.03 Å². The molecule has 2 rings (SSSR count). The molecule has 0 saturated carbocycles. The maximum absolute atomic E-state index is 12.1. The van der Waals surface area contributed by atoms with Crippen molar-refractivity contribution in [2.45, 2.75) is 23.8 Å². The molecule has 1 aromatic rings. The quantitative estimate of drug-likeness (QED) is 0.835. The molecule has 0 spiro atoms. The number of benzene rings is 1. The highest BCUT2D eigenvalue weighted by molar-refractivity contribution is 7.98. The van der Waals surface area contributed by atoms with Crippen LogP contribution >= 0.6 is 11.8 Å². The normalized spacial score (nSPS) is 18.4. The number of amides is 2. The average Bonchev–Trinajstić information content (AvgIpc) is 2.88. The maximum atomic E-state index is 12.1. The van der Waals surface area contributed by atoms with E-state index >= 15 is 0 Å². The van der Waals surface area contributed by atoms with Crippen LogP contribution in [0.1, 0.15) is 12.8 Å². The fourth-order valence-electron chi connectivity index (χ4n) is 2.16. The minimum atomic E-state index is -0.939. The molecule has 19 heavy (non-hydrogen) atoms. The van der Waals surface area contributed by atoms with Crippen LogP contribution in [0, 0.1) is 0 Å². The summed E-state index contributed by atoms with van der Waals surface area (Å²) >= 11 is 1.59. The first-order valence-corrected chi connectivity index (χ1v) is 7.29. The largest absolute Gasteiger partial charge is 0.480 e. The number of hydrogen-bond acceptors (Lipinski definition) is 3. The van der Waals surface area contributed by atoms with Gasteiger partial charge >= 0.3 is 12.0 Å². The Labute approximate surface area is 116 Å². The van der Waals surface area contributed by atoms with Crippen molar-refractivity contribution >= 4 is 29.4 Å². The zero-order chi connectivity index (χ0) is 13.8. The molecule has 1 heterocycles. The van der Waals surface area contributed by atoms with Crippen molar-refractivity contribution in [3.05, 3.63) is 24.3 Å². The predicted molar refractivity (Wildman–Crippen MR) is 74.6 cm³/mol. The summed E-state index contributed by atoms with van der Waals surface area (Å²) in [6.45, 7) is 0.491. The molecule has 0 aromatic heterocycles. The lowest BCUT2D eigenvalue weighted by molar-refractivity contribution is -0.141. The van der Waals surface area contributed by atoms with Crippen molar-refractivity contribution in [3.8, 4) is 0 Å². The minimum Gasteiger partial charge on any atom is -0.480 e. The van der Waals surface area contributed by atoms with Gasteiger partial charge in [0.2, 0.25) is 0 Å². The molecule has 1 atom stereocenters. The molecule has 1 aromatic carbocycles. The van der Waals surface area contributed by atoms with E-state index in [1.54, 1.807) is 17.8 Å². The van der Waals surface area contributed by atoms with Gasteiger partial charge in [0.15, 0.2) is 0 Å². The van der Waals surface area contributed by atoms with Crippen LogP contribution in [0.25, 0.3) is 0 Å². The number of carboxylic acid groups (broad SMARTS) is 1. The molecule has 1 saturated heterocycles. The van der Waals surface area contributed by atoms with E-state index in [0.29, 0.717) is 18.7 Å². The lowest BCUT2D eigenvalue weighted by atomic mass is 10.2. The molecular formula is C13H16N2O3S. The monoisotopic (exact) mass is 280 g/mol. The van der Waals surface area contributed by atoms with Crippen molar-refractivity contribution < 1.29 is 14.7 Å². The number of thioether (sulfide) groups is 1. The number of aliphatic carboxylic acids is 1. The van der Waals surface area contributed by atoms with E-state index in [1.807, 2.05) is 24.5 Å². The number of carbonyl (C=O) groups excluding carboxylic acids is 1. The van der Waals surface area contributed by atoms with Gasteiger partial charge in [0, 0.05) is 17.1 Å². The van der Waals surface area contributed by atoms with Gasteiger partial charge < -0.3 is 15.3 Å². The molecular weight excluding hydrogens is 264 g/mol. The van der Waals surface area contributed by atoms with Gasteiger partial charge in [0.25, 0.3) is 0 Å². The first kappa shape index (κ1) is 13.7. The Balaban J connectivity index is 2.06. The number of rotatable bonds is 3. The third-order valence-electron chi connectivity index (χ3n) is 3.12. The van der Waals surface area contributed by atoms with Crippen molar-refractivity contribution in [1.29, 1.82) is 0 Å². The predicted octanol–water partition coefficient (Wildman–Crippen LogP) is 2.49. The van der Waals surface area contributed by atoms with Gasteiger partial charge in [-0.25, -0.2) is 9.59 Å². The fraction of sp³-hybridized carbons (Fsp3) is 0.385. The average molecular weight is 280 g/mol. The zero-order valence-electron chi connectivity index (χ0n) is 10.6. The van der Waals surface area contributed by atoms with Gasteiger partial charge in [0.05, 0.1) is 0 Å². The SMILES string of the molecule is CSc1cccc(NC(=O)N2CCC[C@@H]2C(=O)O)c1. The van der Waals surface area contributed by atoms with Crippen LogP contribution < -0.4 is 5.32 Å². The molecule has 0 radical (unpaired) electrons. The molecule has 2 amide bonds. The molecule has 0 bridgehead atoms. The number of likely N-dealkylation sites (tertiary alicyclic amines) is 1. The minimum absolute atomic E-state index is 0.344. The number of anilines is 1. The molecule has 1 aliphatic rings. The number of nitrogens with zero attached hydrogens (tertiary/aromatic N) is 1. The number of hydrogen-bond donors (Lipinski definition) is 2. The molecule has 102 valence electrons. The van der Waals surface area contributed by atoms with Crippen LogP contribution in [0.15, 0.2) is 29.2 Å². The Bertz CT molecular complexity index is 493. The zero-order valence-corrected chi connectivity index (χ0v) is 11.4. The highest BCUT2D eigenvalue weighted by Crippen LogP contribution is 2.22. The summed E-state index contributed by atoms with van der Waals surface area (Å²) in [4.78, 5) is 25.6. The van der Waals surface area contributed by atoms with E-state index in [0.717, 1.165) is 11.3 Å². The first-order chi connectivity index (χ1) is 9.11. The smallest absolute Gasteiger partial charge is 0.326 e. The van der Waals surface area contributed by atoms with Gasteiger partial charge in [-0.05, 0) is 37.3 Å². The fourth-order valence-corrected chi connectivity index (χ4v) is 2.62. The van der Waals surface area contributed by atoms with Crippen LogP contribution in [0.5, 0.6) is 0 Å². The van der Waals surface area contributed by atoms with Crippen LogP contribution in [0.2, 0.25) is 0 Å². The van der Waals surface area contributed by atoms with Gasteiger partial charge in [-0.1, -0.05) is 6.07 Å². The molecule has 2 N–H and O–H groups in total. The second-order valence-electron chi connectivity index (χ2n) is 4.35. The lowest BCUT2D eigenvalue weighted by Gasteiger charge is -2.21. The second-order valence-corrected chi connectivity index (χ2v) is 5.23. The number of carboxylic acids is 1. The Morgan fingerprint density at radius 3 is 2.95 bits per heavy atom. The summed E-state index contributed by atoms with van der Waals surface area (Å²) in [6, 6.07) is 6.43. The molecule has 0 aliphatic carbocycles. The Kier molecular flexibility index (Phi) is 4.31. The summed E-state index contributed by atoms with van der Waals surface area (Å²) in [7, 11) is 0. The Morgan fingerprint density at radius 1 is 1.47 bits per heavy atom. The van der Waals surface area contributed by atoms with Crippen LogP contribution in [-0.2, 0) is 4.79 Å². The third kappa shape index (κ3) is 3.20. The standard InChI is InChI=1S/C13H16N2O3S/c1-19-10-5-2-4-9(8-10)14-13(18)15-7-3-6-11(15)12(16)17/h2,4-5,8,11H,3,6-7H2,1H3,(H,14,18)(H,16,17)/t11-/m1/s1. The van der Waals surface area contributed by atoms with Gasteiger partial charge in [0.1, 0.15) is 6.04 Å². The molecule has 1 aliphatic heterocycles. The molecule has 5 nitrogen and oxygen atoms in total. The Hall–Kier alpha value is -1.69. The van der Waals surface area contributed by atoms with E-state index < -0.39 is 12.0 Å². The van der Waals surface area contributed by atoms with Gasteiger partial charge in [-0.2, -0.15) is 0 Å². The molecule has 6 heteroatoms. The first-order valence-electron chi connectivity index (χ1n) is 6.06. The summed E-state index contributed by atoms with van der Waals surface area (Å²) in [6.07, 6.45) is 3.21. The van der Waals surface area contributed by atoms with Crippen LogP contribution in [0.4, 0.5) is 10.5 Å². The topological polar surface area (TPSA) is 69.6 Å². The highest BCUT2D eigenvalue weighted by atomic mass is 32.2. The van der Waals surface area contributed by atoms with E-state index in [2.05, 4.69) is 5.32 Å². The molecule has 1 fully saturated rings. The van der Waals surface area contributed by atoms with Crippen LogP contribution in [0.3, 0.4) is 0 Å². The van der Waals surface area contributed by atoms with Crippen molar-refractivity contribution in [3.63, 3.8) is 0 Å². The maximum Gasteiger partial charge on any atom is 0.326 e. The molecule has 0 unspecified atom stereocenters. The van der Waals surface area contributed by atoms with E-state index in [9.17, 15) is 9.59 Å². The Morgan fingerprint density at radius 2 is 2.26 bits per heavy atom. The number of carbonyl (C=O) groups is 2. The summed E-state index contributed by atoms with van der Waals surface area (Å²) < 4.78 is 0. The highest BCUT2D eigenvalue weighted by Gasteiger charge is 2.33. The van der Waals surface area contributed by atoms with Crippen molar-refractivity contribution in [1.82, 2.24) is 4.90 Å². The van der Waals surface area contributed by atoms with E-state index in [4.69, 9.17) is 5.11 Å². The van der Waals surface area contributed by atoms with Gasteiger partial charge in [-0.3, -0.25) is 0 Å². The van der Waals surface area contributed by atoms with Gasteiger partial charge in [-0.15, -0.1) is 11.8 Å². The summed E-state index contributed by atoms with van der Waals surface area (Å²) in [5, 5.41) is 11.8. The second kappa shape index (κ2) is 5.97. The van der Waals surface area contributed by atoms with Crippen LogP contribution in [-0.4, -0.2) is 40.8 Å².